The summed E-state index contributed by atoms with van der Waals surface area (Å²) in [4.78, 5) is 15.5. The van der Waals surface area contributed by atoms with E-state index >= 15 is 0 Å². The van der Waals surface area contributed by atoms with Crippen molar-refractivity contribution in [2.45, 2.75) is 0 Å². The van der Waals surface area contributed by atoms with Crippen molar-refractivity contribution in [1.82, 2.24) is 15.0 Å². The third-order valence-electron chi connectivity index (χ3n) is 13.8. The predicted molar refractivity (Wildman–Crippen MR) is 278 cm³/mol. The molecular weight excluding hydrogens is 799 g/mol. The van der Waals surface area contributed by atoms with Crippen molar-refractivity contribution in [1.29, 1.82) is 0 Å². The third kappa shape index (κ3) is 5.47. The van der Waals surface area contributed by atoms with Gasteiger partial charge in [0.05, 0.1) is 0 Å². The molecule has 0 aliphatic heterocycles. The van der Waals surface area contributed by atoms with Crippen LogP contribution in [0.15, 0.2) is 224 Å². The van der Waals surface area contributed by atoms with E-state index in [0.29, 0.717) is 17.5 Å². The Balaban J connectivity index is 0.986. The van der Waals surface area contributed by atoms with Gasteiger partial charge in [-0.25, -0.2) is 15.0 Å². The minimum Gasteiger partial charge on any atom is -0.208 e. The SMILES string of the molecule is c1ccc(-c2nc(-c3ccccc3)nc(-c3c4ccccc4c(-c4ccc(-c5cc6cccc7c8cccc9ccc%10cccc(c%11cccc5c%11c67)c%10c98)cc4)c4ccccc34)n2)cc1. The van der Waals surface area contributed by atoms with Crippen LogP contribution in [0.3, 0.4) is 0 Å². The summed E-state index contributed by atoms with van der Waals surface area (Å²) in [7, 11) is 0. The molecule has 304 valence electrons. The first kappa shape index (κ1) is 36.7. The molecule has 13 aromatic carbocycles. The zero-order chi connectivity index (χ0) is 43.3. The molecule has 3 nitrogen and oxygen atoms in total. The highest BCUT2D eigenvalue weighted by molar-refractivity contribution is 6.38. The molecule has 0 saturated carbocycles. The average molecular weight is 836 g/mol. The maximum absolute atomic E-state index is 5.23. The van der Waals surface area contributed by atoms with Crippen LogP contribution in [-0.4, -0.2) is 15.0 Å². The minimum absolute atomic E-state index is 0.647. The molecule has 0 aliphatic carbocycles. The van der Waals surface area contributed by atoms with Crippen molar-refractivity contribution in [3.05, 3.63) is 224 Å². The first-order chi connectivity index (χ1) is 32.7. The first-order valence-electron chi connectivity index (χ1n) is 22.6. The molecule has 0 bridgehead atoms. The Morgan fingerprint density at radius 3 is 1.12 bits per heavy atom. The van der Waals surface area contributed by atoms with E-state index in [-0.39, 0.29) is 0 Å². The highest BCUT2D eigenvalue weighted by atomic mass is 15.0. The molecule has 0 unspecified atom stereocenters. The fourth-order valence-corrected chi connectivity index (χ4v) is 11.0. The Labute approximate surface area is 380 Å². The summed E-state index contributed by atoms with van der Waals surface area (Å²) in [6.07, 6.45) is 0. The van der Waals surface area contributed by atoms with Crippen LogP contribution in [-0.2, 0) is 0 Å². The van der Waals surface area contributed by atoms with Gasteiger partial charge in [-0.05, 0) is 114 Å². The third-order valence-corrected chi connectivity index (χ3v) is 13.8. The van der Waals surface area contributed by atoms with Crippen molar-refractivity contribution in [3.8, 4) is 56.4 Å². The van der Waals surface area contributed by atoms with Gasteiger partial charge in [-0.3, -0.25) is 0 Å². The Hall–Kier alpha value is -8.79. The molecule has 0 amide bonds. The van der Waals surface area contributed by atoms with E-state index in [1.807, 2.05) is 36.4 Å². The van der Waals surface area contributed by atoms with Gasteiger partial charge >= 0.3 is 0 Å². The molecule has 0 saturated heterocycles. The largest absolute Gasteiger partial charge is 0.208 e. The molecule has 0 atom stereocenters. The molecule has 0 aliphatic rings. The van der Waals surface area contributed by atoms with Crippen LogP contribution in [0.4, 0.5) is 0 Å². The Morgan fingerprint density at radius 1 is 0.212 bits per heavy atom. The maximum atomic E-state index is 5.23. The number of nitrogens with zero attached hydrogens (tertiary/aromatic N) is 3. The molecular formula is C63H37N3. The molecule has 0 fully saturated rings. The lowest BCUT2D eigenvalue weighted by molar-refractivity contribution is 1.08. The van der Waals surface area contributed by atoms with Gasteiger partial charge in [0.2, 0.25) is 0 Å². The second-order valence-corrected chi connectivity index (χ2v) is 17.4. The number of hydrogen-bond donors (Lipinski definition) is 0. The van der Waals surface area contributed by atoms with Crippen molar-refractivity contribution in [2.24, 2.45) is 0 Å². The summed E-state index contributed by atoms with van der Waals surface area (Å²) in [5, 5.41) is 19.9. The van der Waals surface area contributed by atoms with Gasteiger partial charge < -0.3 is 0 Å². The van der Waals surface area contributed by atoms with Gasteiger partial charge in [0.1, 0.15) is 0 Å². The molecule has 3 heteroatoms. The number of rotatable bonds is 5. The van der Waals surface area contributed by atoms with Crippen molar-refractivity contribution in [3.63, 3.8) is 0 Å². The summed E-state index contributed by atoms with van der Waals surface area (Å²) in [5.74, 6) is 1.94. The fourth-order valence-electron chi connectivity index (χ4n) is 11.0. The van der Waals surface area contributed by atoms with Crippen LogP contribution in [0.2, 0.25) is 0 Å². The van der Waals surface area contributed by atoms with Crippen molar-refractivity contribution < 1.29 is 0 Å². The standard InChI is InChI=1S/C63H37N3/c1-3-15-42(16-4-1)61-64-62(43-17-5-2-6-18-43)66-63(65-61)60-51-24-9-7-22-45(51)55(46-23-8-10-25-52(46)60)41-33-31-38(32-34-41)54-37-44-21-13-28-48-47-26-11-19-39-35-36-40-20-12-27-49(57(40)56(39)47)50-29-14-30-53(54)59(50)58(44)48/h1-37H. The Kier molecular flexibility index (Phi) is 7.98. The van der Waals surface area contributed by atoms with E-state index in [0.717, 1.165) is 43.8 Å². The van der Waals surface area contributed by atoms with Gasteiger partial charge in [0, 0.05) is 16.7 Å². The lowest BCUT2D eigenvalue weighted by Crippen LogP contribution is -2.01. The van der Waals surface area contributed by atoms with Crippen LogP contribution >= 0.6 is 0 Å². The smallest absolute Gasteiger partial charge is 0.165 e. The van der Waals surface area contributed by atoms with E-state index < -0.39 is 0 Å². The number of fused-ring (bicyclic) bond motifs is 4. The van der Waals surface area contributed by atoms with E-state index in [1.54, 1.807) is 0 Å². The van der Waals surface area contributed by atoms with Crippen LogP contribution in [0.5, 0.6) is 0 Å². The molecule has 0 radical (unpaired) electrons. The van der Waals surface area contributed by atoms with Gasteiger partial charge in [0.25, 0.3) is 0 Å². The average Bonchev–Trinajstić information content (AvgIpc) is 3.39. The van der Waals surface area contributed by atoms with E-state index in [9.17, 15) is 0 Å². The van der Waals surface area contributed by atoms with E-state index in [4.69, 9.17) is 15.0 Å². The summed E-state index contributed by atoms with van der Waals surface area (Å²) in [6.45, 7) is 0. The summed E-state index contributed by atoms with van der Waals surface area (Å²) in [5.41, 5.74) is 7.65. The molecule has 14 rings (SSSR count). The second kappa shape index (κ2) is 14.4. The highest BCUT2D eigenvalue weighted by Crippen LogP contribution is 2.47. The lowest BCUT2D eigenvalue weighted by atomic mass is 9.85. The molecule has 0 spiro atoms. The highest BCUT2D eigenvalue weighted by Gasteiger charge is 2.22. The summed E-state index contributed by atoms with van der Waals surface area (Å²) >= 11 is 0. The Bertz CT molecular complexity index is 4140. The fraction of sp³-hybridized carbons (Fsp3) is 0. The van der Waals surface area contributed by atoms with Gasteiger partial charge in [0.15, 0.2) is 17.5 Å². The molecule has 66 heavy (non-hydrogen) atoms. The summed E-state index contributed by atoms with van der Waals surface area (Å²) in [6, 6.07) is 81.3. The van der Waals surface area contributed by atoms with Gasteiger partial charge in [-0.1, -0.05) is 218 Å². The van der Waals surface area contributed by atoms with E-state index in [1.165, 1.54) is 81.3 Å². The zero-order valence-electron chi connectivity index (χ0n) is 35.7. The summed E-state index contributed by atoms with van der Waals surface area (Å²) < 4.78 is 0. The monoisotopic (exact) mass is 835 g/mol. The molecule has 0 N–H and O–H groups in total. The van der Waals surface area contributed by atoms with Crippen molar-refractivity contribution in [2.75, 3.05) is 0 Å². The van der Waals surface area contributed by atoms with Crippen LogP contribution in [0, 0.1) is 0 Å². The van der Waals surface area contributed by atoms with Gasteiger partial charge in [-0.2, -0.15) is 0 Å². The Morgan fingerprint density at radius 2 is 0.591 bits per heavy atom. The number of aromatic nitrogens is 3. The topological polar surface area (TPSA) is 38.7 Å². The first-order valence-corrected chi connectivity index (χ1v) is 22.6. The molecule has 14 aromatic rings. The predicted octanol–water partition coefficient (Wildman–Crippen LogP) is 16.9. The molecule has 1 aromatic heterocycles. The number of hydrogen-bond acceptors (Lipinski definition) is 3. The van der Waals surface area contributed by atoms with Crippen LogP contribution in [0.25, 0.3) is 143 Å². The normalized spacial score (nSPS) is 11.9. The maximum Gasteiger partial charge on any atom is 0.165 e. The van der Waals surface area contributed by atoms with E-state index in [2.05, 4.69) is 188 Å². The quantitative estimate of drug-likeness (QED) is 0.128. The van der Waals surface area contributed by atoms with Crippen LogP contribution < -0.4 is 0 Å². The lowest BCUT2D eigenvalue weighted by Gasteiger charge is -2.19. The molecule has 1 heterocycles. The van der Waals surface area contributed by atoms with Gasteiger partial charge in [-0.15, -0.1) is 0 Å². The number of benzene rings is 12. The zero-order valence-corrected chi connectivity index (χ0v) is 35.7. The second-order valence-electron chi connectivity index (χ2n) is 17.4. The minimum atomic E-state index is 0.647. The van der Waals surface area contributed by atoms with Crippen molar-refractivity contribution >= 4 is 86.2 Å². The van der Waals surface area contributed by atoms with Crippen LogP contribution in [0.1, 0.15) is 0 Å².